The largest absolute Gasteiger partial charge is 0.507 e. The molecule has 4 rings (SSSR count). The molecule has 1 fully saturated rings. The number of phenolic OH excluding ortho intramolecular Hbond substituents is 1. The van der Waals surface area contributed by atoms with Gasteiger partial charge in [-0.3, -0.25) is 4.90 Å². The summed E-state index contributed by atoms with van der Waals surface area (Å²) in [4.78, 5) is 2.22. The molecule has 8 heteroatoms. The first kappa shape index (κ1) is 20.7. The molecule has 3 N–H and O–H groups in total. The summed E-state index contributed by atoms with van der Waals surface area (Å²) < 4.78 is 26.2. The maximum absolute atomic E-state index is 13.1. The van der Waals surface area contributed by atoms with Crippen molar-refractivity contribution in [2.45, 2.75) is 38.6 Å². The first-order valence-corrected chi connectivity index (χ1v) is 10.3. The molecule has 0 bridgehead atoms. The number of aromatic nitrogens is 2. The zero-order valence-electron chi connectivity index (χ0n) is 17.0. The van der Waals surface area contributed by atoms with Gasteiger partial charge in [-0.15, -0.1) is 10.2 Å². The number of allylic oxidation sites excluding steroid dienone is 1. The molecular formula is C22H26F2N4O2. The molecule has 1 aliphatic carbocycles. The molecule has 160 valence electrons. The zero-order valence-corrected chi connectivity index (χ0v) is 17.0. The van der Waals surface area contributed by atoms with Gasteiger partial charge in [-0.2, -0.15) is 8.78 Å². The second-order valence-corrected chi connectivity index (χ2v) is 8.00. The Morgan fingerprint density at radius 2 is 2.03 bits per heavy atom. The lowest BCUT2D eigenvalue weighted by molar-refractivity contribution is 0.166. The van der Waals surface area contributed by atoms with Crippen molar-refractivity contribution in [3.63, 3.8) is 0 Å². The molecule has 1 aromatic carbocycles. The fraction of sp³-hybridized carbons (Fsp3) is 0.455. The van der Waals surface area contributed by atoms with Gasteiger partial charge >= 0.3 is 0 Å². The standard InChI is InChI=1S/C22H26F2N4O2/c1-13-11-19(25-14-3-2-8-28(12-14)9-10-29)26-27-20(13)18-7-4-15-16(21(18)30)5-6-17(15)22(23)24/h4,7,11,14,29-30H,2-3,5-6,8-10,12H2,1H3,(H,25,26)/t14-/m1/s1. The number of benzene rings is 1. The monoisotopic (exact) mass is 416 g/mol. The highest BCUT2D eigenvalue weighted by atomic mass is 19.3. The predicted molar refractivity (Wildman–Crippen MR) is 111 cm³/mol. The molecule has 0 spiro atoms. The third-order valence-corrected chi connectivity index (χ3v) is 5.97. The third-order valence-electron chi connectivity index (χ3n) is 5.97. The molecule has 2 aliphatic rings. The van der Waals surface area contributed by atoms with E-state index in [0.29, 0.717) is 41.2 Å². The van der Waals surface area contributed by atoms with Crippen molar-refractivity contribution >= 4 is 11.4 Å². The summed E-state index contributed by atoms with van der Waals surface area (Å²) in [5.74, 6) is 0.672. The number of hydrogen-bond donors (Lipinski definition) is 3. The SMILES string of the molecule is Cc1cc(N[C@@H]2CCCN(CCO)C2)nnc1-c1ccc2c(c1O)CCC2=C(F)F. The summed E-state index contributed by atoms with van der Waals surface area (Å²) >= 11 is 0. The molecule has 1 saturated heterocycles. The van der Waals surface area contributed by atoms with Gasteiger partial charge in [-0.1, -0.05) is 6.07 Å². The van der Waals surface area contributed by atoms with Crippen LogP contribution >= 0.6 is 0 Å². The van der Waals surface area contributed by atoms with E-state index < -0.39 is 6.08 Å². The van der Waals surface area contributed by atoms with Crippen LogP contribution in [0.1, 0.15) is 36.0 Å². The highest BCUT2D eigenvalue weighted by molar-refractivity contribution is 5.81. The van der Waals surface area contributed by atoms with Crippen molar-refractivity contribution in [2.24, 2.45) is 0 Å². The first-order chi connectivity index (χ1) is 14.5. The summed E-state index contributed by atoms with van der Waals surface area (Å²) in [7, 11) is 0. The molecule has 6 nitrogen and oxygen atoms in total. The number of halogens is 2. The van der Waals surface area contributed by atoms with Gasteiger partial charge in [0.15, 0.2) is 0 Å². The van der Waals surface area contributed by atoms with E-state index in [4.69, 9.17) is 5.11 Å². The number of aromatic hydroxyl groups is 1. The van der Waals surface area contributed by atoms with Crippen molar-refractivity contribution in [3.05, 3.63) is 41.0 Å². The normalized spacial score (nSPS) is 19.1. The number of aliphatic hydroxyl groups is 1. The molecule has 0 radical (unpaired) electrons. The van der Waals surface area contributed by atoms with Crippen molar-refractivity contribution in [2.75, 3.05) is 31.6 Å². The fourth-order valence-electron chi connectivity index (χ4n) is 4.49. The van der Waals surface area contributed by atoms with Gasteiger partial charge in [0, 0.05) is 35.8 Å². The second-order valence-electron chi connectivity index (χ2n) is 8.00. The molecule has 1 atom stereocenters. The Morgan fingerprint density at radius 1 is 1.23 bits per heavy atom. The zero-order chi connectivity index (χ0) is 21.3. The highest BCUT2D eigenvalue weighted by Gasteiger charge is 2.26. The van der Waals surface area contributed by atoms with Crippen LogP contribution in [0.15, 0.2) is 24.3 Å². The second kappa shape index (κ2) is 8.65. The number of rotatable bonds is 5. The van der Waals surface area contributed by atoms with E-state index in [1.54, 1.807) is 12.1 Å². The quantitative estimate of drug-likeness (QED) is 0.691. The van der Waals surface area contributed by atoms with Crippen LogP contribution in [0.2, 0.25) is 0 Å². The molecule has 2 heterocycles. The van der Waals surface area contributed by atoms with E-state index in [1.807, 2.05) is 13.0 Å². The average Bonchev–Trinajstić information content (AvgIpc) is 3.15. The summed E-state index contributed by atoms with van der Waals surface area (Å²) in [6.07, 6.45) is 1.02. The van der Waals surface area contributed by atoms with Crippen LogP contribution in [0.5, 0.6) is 5.75 Å². The number of phenols is 1. The number of likely N-dealkylation sites (tertiary alicyclic amines) is 1. The van der Waals surface area contributed by atoms with Crippen LogP contribution in [0.3, 0.4) is 0 Å². The molecule has 0 saturated carbocycles. The molecule has 1 aromatic heterocycles. The fourth-order valence-corrected chi connectivity index (χ4v) is 4.49. The maximum Gasteiger partial charge on any atom is 0.274 e. The molecular weight excluding hydrogens is 390 g/mol. The lowest BCUT2D eigenvalue weighted by Gasteiger charge is -2.32. The van der Waals surface area contributed by atoms with Crippen LogP contribution in [-0.2, 0) is 6.42 Å². The summed E-state index contributed by atoms with van der Waals surface area (Å²) in [5, 5.41) is 31.9. The number of nitrogens with zero attached hydrogens (tertiary/aromatic N) is 3. The first-order valence-electron chi connectivity index (χ1n) is 10.3. The number of fused-ring (bicyclic) bond motifs is 1. The minimum atomic E-state index is -1.69. The number of piperidine rings is 1. The number of anilines is 1. The smallest absolute Gasteiger partial charge is 0.274 e. The van der Waals surface area contributed by atoms with Crippen LogP contribution in [0.25, 0.3) is 16.8 Å². The Morgan fingerprint density at radius 3 is 2.77 bits per heavy atom. The van der Waals surface area contributed by atoms with Gasteiger partial charge in [0.2, 0.25) is 0 Å². The van der Waals surface area contributed by atoms with Crippen LogP contribution in [0, 0.1) is 6.92 Å². The third kappa shape index (κ3) is 4.02. The summed E-state index contributed by atoms with van der Waals surface area (Å²) in [5.41, 5.74) is 2.88. The number of aliphatic hydroxyl groups excluding tert-OH is 1. The van der Waals surface area contributed by atoms with Crippen LogP contribution in [-0.4, -0.2) is 57.6 Å². The minimum absolute atomic E-state index is 0.00813. The summed E-state index contributed by atoms with van der Waals surface area (Å²) in [6, 6.07) is 5.41. The van der Waals surface area contributed by atoms with Gasteiger partial charge < -0.3 is 15.5 Å². The Hall–Kier alpha value is -2.58. The van der Waals surface area contributed by atoms with Crippen molar-refractivity contribution in [3.8, 4) is 17.0 Å². The molecule has 1 aliphatic heterocycles. The lowest BCUT2D eigenvalue weighted by Crippen LogP contribution is -2.43. The van der Waals surface area contributed by atoms with E-state index in [1.165, 1.54) is 0 Å². The molecule has 0 amide bonds. The molecule has 0 unspecified atom stereocenters. The van der Waals surface area contributed by atoms with Crippen molar-refractivity contribution in [1.82, 2.24) is 15.1 Å². The van der Waals surface area contributed by atoms with Gasteiger partial charge in [0.1, 0.15) is 11.6 Å². The van der Waals surface area contributed by atoms with Crippen molar-refractivity contribution in [1.29, 1.82) is 0 Å². The van der Waals surface area contributed by atoms with E-state index in [-0.39, 0.29) is 30.4 Å². The number of β-amino-alcohol motifs (C(OH)–C–C–N with tert-alkyl or cyclic N) is 1. The molecule has 30 heavy (non-hydrogen) atoms. The topological polar surface area (TPSA) is 81.5 Å². The number of aryl methyl sites for hydroxylation is 1. The number of hydrogen-bond acceptors (Lipinski definition) is 6. The minimum Gasteiger partial charge on any atom is -0.507 e. The maximum atomic E-state index is 13.1. The average molecular weight is 416 g/mol. The van der Waals surface area contributed by atoms with Crippen LogP contribution < -0.4 is 5.32 Å². The van der Waals surface area contributed by atoms with Gasteiger partial charge in [-0.05, 0) is 62.4 Å². The van der Waals surface area contributed by atoms with E-state index >= 15 is 0 Å². The Balaban J connectivity index is 1.55. The van der Waals surface area contributed by atoms with Gasteiger partial charge in [0.05, 0.1) is 12.3 Å². The van der Waals surface area contributed by atoms with E-state index in [9.17, 15) is 13.9 Å². The Labute approximate surface area is 174 Å². The predicted octanol–water partition coefficient (Wildman–Crippen LogP) is 3.58. The Kier molecular flexibility index (Phi) is 5.97. The Bertz CT molecular complexity index is 974. The van der Waals surface area contributed by atoms with E-state index in [0.717, 1.165) is 31.5 Å². The van der Waals surface area contributed by atoms with Crippen LogP contribution in [0.4, 0.5) is 14.6 Å². The lowest BCUT2D eigenvalue weighted by atomic mass is 9.99. The summed E-state index contributed by atoms with van der Waals surface area (Å²) in [6.45, 7) is 4.55. The highest BCUT2D eigenvalue weighted by Crippen LogP contribution is 2.44. The van der Waals surface area contributed by atoms with Crippen molar-refractivity contribution < 1.29 is 19.0 Å². The molecule has 2 aromatic rings. The van der Waals surface area contributed by atoms with Gasteiger partial charge in [-0.25, -0.2) is 0 Å². The van der Waals surface area contributed by atoms with E-state index in [2.05, 4.69) is 20.4 Å². The number of nitrogens with one attached hydrogen (secondary N) is 1. The van der Waals surface area contributed by atoms with Gasteiger partial charge in [0.25, 0.3) is 6.08 Å².